The number of hydrogen-bond acceptors (Lipinski definition) is 7. The van der Waals surface area contributed by atoms with Gasteiger partial charge in [-0.2, -0.15) is 0 Å². The van der Waals surface area contributed by atoms with Gasteiger partial charge in [0.2, 0.25) is 0 Å². The van der Waals surface area contributed by atoms with E-state index in [1.807, 2.05) is 0 Å². The van der Waals surface area contributed by atoms with Crippen LogP contribution in [0.3, 0.4) is 0 Å². The van der Waals surface area contributed by atoms with Gasteiger partial charge in [-0.15, -0.1) is 11.8 Å². The lowest BCUT2D eigenvalue weighted by atomic mass is 10.2. The molecule has 0 aliphatic carbocycles. The first-order chi connectivity index (χ1) is 12.6. The molecule has 0 saturated heterocycles. The third-order valence-electron chi connectivity index (χ3n) is 3.22. The predicted octanol–water partition coefficient (Wildman–Crippen LogP) is 2.78. The topological polar surface area (TPSA) is 94.6 Å². The summed E-state index contributed by atoms with van der Waals surface area (Å²) in [6, 6.07) is 9.64. The van der Waals surface area contributed by atoms with Crippen molar-refractivity contribution in [1.29, 1.82) is 0 Å². The fourth-order valence-electron chi connectivity index (χ4n) is 2.08. The first kappa shape index (κ1) is 19.5. The highest BCUT2D eigenvalue weighted by molar-refractivity contribution is 7.98. The summed E-state index contributed by atoms with van der Waals surface area (Å²) in [4.78, 5) is 40.2. The number of thioether (sulfide) groups is 1. The normalized spacial score (nSPS) is 10.1. The van der Waals surface area contributed by atoms with Crippen LogP contribution in [-0.4, -0.2) is 42.3 Å². The van der Waals surface area contributed by atoms with Crippen LogP contribution in [-0.2, 0) is 14.3 Å². The Morgan fingerprint density at radius 3 is 2.46 bits per heavy atom. The molecular weight excluding hydrogens is 356 g/mol. The van der Waals surface area contributed by atoms with Crippen LogP contribution in [0.5, 0.6) is 0 Å². The van der Waals surface area contributed by atoms with E-state index in [4.69, 9.17) is 9.47 Å². The molecule has 0 fully saturated rings. The molecule has 26 heavy (non-hydrogen) atoms. The van der Waals surface area contributed by atoms with E-state index >= 15 is 0 Å². The van der Waals surface area contributed by atoms with Crippen molar-refractivity contribution < 1.29 is 23.9 Å². The number of para-hydroxylation sites is 1. The smallest absolute Gasteiger partial charge is 0.341 e. The second-order valence-corrected chi connectivity index (χ2v) is 5.75. The summed E-state index contributed by atoms with van der Waals surface area (Å²) in [5, 5.41) is 3.07. The van der Waals surface area contributed by atoms with Gasteiger partial charge in [-0.05, 0) is 37.4 Å². The van der Waals surface area contributed by atoms with Crippen molar-refractivity contribution in [3.8, 4) is 0 Å². The third kappa shape index (κ3) is 5.06. The maximum atomic E-state index is 12.1. The molecule has 0 unspecified atom stereocenters. The highest BCUT2D eigenvalue weighted by Crippen LogP contribution is 2.18. The van der Waals surface area contributed by atoms with Crippen LogP contribution in [0, 0.1) is 0 Å². The molecule has 8 heteroatoms. The van der Waals surface area contributed by atoms with Gasteiger partial charge in [0.25, 0.3) is 5.91 Å². The van der Waals surface area contributed by atoms with Gasteiger partial charge >= 0.3 is 11.9 Å². The average Bonchev–Trinajstić information content (AvgIpc) is 2.66. The lowest BCUT2D eigenvalue weighted by Gasteiger charge is -2.11. The van der Waals surface area contributed by atoms with Crippen molar-refractivity contribution in [3.05, 3.63) is 53.7 Å². The molecule has 1 amide bonds. The van der Waals surface area contributed by atoms with E-state index in [0.717, 1.165) is 0 Å². The number of nitrogens with zero attached hydrogens (tertiary/aromatic N) is 1. The minimum atomic E-state index is -0.642. The van der Waals surface area contributed by atoms with Crippen molar-refractivity contribution in [2.24, 2.45) is 0 Å². The zero-order valence-corrected chi connectivity index (χ0v) is 15.2. The van der Waals surface area contributed by atoms with E-state index in [1.165, 1.54) is 11.8 Å². The Morgan fingerprint density at radius 2 is 1.73 bits per heavy atom. The van der Waals surface area contributed by atoms with Gasteiger partial charge in [0.1, 0.15) is 5.03 Å². The highest BCUT2D eigenvalue weighted by Gasteiger charge is 2.17. The molecule has 0 bridgehead atoms. The van der Waals surface area contributed by atoms with Gasteiger partial charge in [0.15, 0.2) is 6.61 Å². The SMILES string of the molecule is CCOC(=O)c1ccccc1NC(=O)COC(=O)c1cccnc1SC. The number of aromatic nitrogens is 1. The molecule has 1 aromatic heterocycles. The number of hydrogen-bond donors (Lipinski definition) is 1. The fourth-order valence-corrected chi connectivity index (χ4v) is 2.62. The summed E-state index contributed by atoms with van der Waals surface area (Å²) in [5.41, 5.74) is 0.809. The van der Waals surface area contributed by atoms with Crippen molar-refractivity contribution >= 4 is 35.3 Å². The molecule has 0 atom stereocenters. The number of nitrogens with one attached hydrogen (secondary N) is 1. The van der Waals surface area contributed by atoms with E-state index in [0.29, 0.717) is 10.6 Å². The molecule has 2 aromatic rings. The van der Waals surface area contributed by atoms with Gasteiger partial charge < -0.3 is 14.8 Å². The maximum Gasteiger partial charge on any atom is 0.341 e. The molecule has 0 radical (unpaired) electrons. The third-order valence-corrected chi connectivity index (χ3v) is 3.93. The molecule has 1 aromatic carbocycles. The number of rotatable bonds is 7. The van der Waals surface area contributed by atoms with Crippen LogP contribution < -0.4 is 5.32 Å². The molecule has 0 saturated carbocycles. The quantitative estimate of drug-likeness (QED) is 0.588. The fraction of sp³-hybridized carbons (Fsp3) is 0.222. The summed E-state index contributed by atoms with van der Waals surface area (Å²) >= 11 is 1.31. The van der Waals surface area contributed by atoms with Crippen LogP contribution in [0.25, 0.3) is 0 Å². The largest absolute Gasteiger partial charge is 0.462 e. The van der Waals surface area contributed by atoms with Crippen molar-refractivity contribution in [2.75, 3.05) is 24.8 Å². The Bertz CT molecular complexity index is 810. The summed E-state index contributed by atoms with van der Waals surface area (Å²) < 4.78 is 9.98. The number of ether oxygens (including phenoxy) is 2. The highest BCUT2D eigenvalue weighted by atomic mass is 32.2. The molecule has 0 aliphatic rings. The number of pyridine rings is 1. The monoisotopic (exact) mass is 374 g/mol. The van der Waals surface area contributed by atoms with Gasteiger partial charge in [0.05, 0.1) is 23.4 Å². The molecule has 1 heterocycles. The molecule has 7 nitrogen and oxygen atoms in total. The molecule has 0 aliphatic heterocycles. The number of amides is 1. The van der Waals surface area contributed by atoms with E-state index in [-0.39, 0.29) is 17.9 Å². The van der Waals surface area contributed by atoms with Crippen molar-refractivity contribution in [3.63, 3.8) is 0 Å². The lowest BCUT2D eigenvalue weighted by molar-refractivity contribution is -0.119. The minimum Gasteiger partial charge on any atom is -0.462 e. The zero-order valence-electron chi connectivity index (χ0n) is 14.4. The summed E-state index contributed by atoms with van der Waals surface area (Å²) in [6.07, 6.45) is 3.36. The number of benzene rings is 1. The molecule has 136 valence electrons. The molecule has 1 N–H and O–H groups in total. The minimum absolute atomic E-state index is 0.224. The predicted molar refractivity (Wildman–Crippen MR) is 97.3 cm³/mol. The van der Waals surface area contributed by atoms with Crippen molar-refractivity contribution in [2.45, 2.75) is 11.9 Å². The second-order valence-electron chi connectivity index (χ2n) is 4.95. The van der Waals surface area contributed by atoms with E-state index < -0.39 is 24.5 Å². The molecule has 0 spiro atoms. The Labute approximate surface area is 155 Å². The molecular formula is C18H18N2O5S. The standard InChI is InChI=1S/C18H18N2O5S/c1-3-24-17(22)12-7-4-5-9-14(12)20-15(21)11-25-18(23)13-8-6-10-19-16(13)26-2/h4-10H,3,11H2,1-2H3,(H,20,21). The van der Waals surface area contributed by atoms with Crippen LogP contribution in [0.15, 0.2) is 47.6 Å². The first-order valence-electron chi connectivity index (χ1n) is 7.79. The summed E-state index contributed by atoms with van der Waals surface area (Å²) in [5.74, 6) is -1.75. The Balaban J connectivity index is 1.99. The number of esters is 2. The van der Waals surface area contributed by atoms with Gasteiger partial charge in [-0.25, -0.2) is 14.6 Å². The van der Waals surface area contributed by atoms with E-state index in [2.05, 4.69) is 10.3 Å². The van der Waals surface area contributed by atoms with Crippen LogP contribution in [0.1, 0.15) is 27.6 Å². The Kier molecular flexibility index (Phi) is 7.16. The number of anilines is 1. The second kappa shape index (κ2) is 9.57. The van der Waals surface area contributed by atoms with Crippen LogP contribution in [0.2, 0.25) is 0 Å². The van der Waals surface area contributed by atoms with Crippen LogP contribution >= 0.6 is 11.8 Å². The number of carbonyl (C=O) groups excluding carboxylic acids is 3. The van der Waals surface area contributed by atoms with Gasteiger partial charge in [0, 0.05) is 6.20 Å². The first-order valence-corrected chi connectivity index (χ1v) is 9.01. The van der Waals surface area contributed by atoms with E-state index in [9.17, 15) is 14.4 Å². The lowest BCUT2D eigenvalue weighted by Crippen LogP contribution is -2.22. The Hall–Kier alpha value is -2.87. The summed E-state index contributed by atoms with van der Waals surface area (Å²) in [7, 11) is 0. The average molecular weight is 374 g/mol. The van der Waals surface area contributed by atoms with Crippen molar-refractivity contribution in [1.82, 2.24) is 4.98 Å². The van der Waals surface area contributed by atoms with Crippen LogP contribution in [0.4, 0.5) is 5.69 Å². The Morgan fingerprint density at radius 1 is 1.04 bits per heavy atom. The maximum absolute atomic E-state index is 12.1. The number of carbonyl (C=O) groups is 3. The zero-order chi connectivity index (χ0) is 18.9. The van der Waals surface area contributed by atoms with Gasteiger partial charge in [-0.3, -0.25) is 4.79 Å². The molecule has 2 rings (SSSR count). The van der Waals surface area contributed by atoms with E-state index in [1.54, 1.807) is 55.8 Å². The summed E-state index contributed by atoms with van der Waals surface area (Å²) in [6.45, 7) is 1.43. The van der Waals surface area contributed by atoms with Gasteiger partial charge in [-0.1, -0.05) is 12.1 Å².